The molecule has 0 atom stereocenters. The molecular formula is C21H35N3O4S. The van der Waals surface area contributed by atoms with Crippen molar-refractivity contribution in [1.29, 1.82) is 0 Å². The van der Waals surface area contributed by atoms with Gasteiger partial charge in [-0.25, -0.2) is 8.42 Å². The molecule has 0 bridgehead atoms. The van der Waals surface area contributed by atoms with Crippen molar-refractivity contribution in [2.45, 2.75) is 31.4 Å². The lowest BCUT2D eigenvalue weighted by molar-refractivity contribution is 0.0203. The Morgan fingerprint density at radius 1 is 1.14 bits per heavy atom. The average molecular weight is 426 g/mol. The summed E-state index contributed by atoms with van der Waals surface area (Å²) in [7, 11) is -1.39. The maximum atomic E-state index is 12.2. The lowest BCUT2D eigenvalue weighted by Crippen LogP contribution is -2.39. The number of benzene rings is 1. The Kier molecular flexibility index (Phi) is 11.1. The summed E-state index contributed by atoms with van der Waals surface area (Å²) in [5.74, 6) is 1.57. The van der Waals surface area contributed by atoms with Crippen LogP contribution in [0.4, 0.5) is 0 Å². The van der Waals surface area contributed by atoms with E-state index in [9.17, 15) is 8.42 Å². The van der Waals surface area contributed by atoms with Crippen LogP contribution in [-0.2, 0) is 25.1 Å². The van der Waals surface area contributed by atoms with E-state index < -0.39 is 9.84 Å². The van der Waals surface area contributed by atoms with Crippen LogP contribution in [0, 0.1) is 5.92 Å². The second kappa shape index (κ2) is 13.6. The van der Waals surface area contributed by atoms with Gasteiger partial charge in [-0.1, -0.05) is 30.3 Å². The summed E-state index contributed by atoms with van der Waals surface area (Å²) in [4.78, 5) is 4.17. The molecule has 1 aliphatic heterocycles. The molecule has 1 aromatic rings. The van der Waals surface area contributed by atoms with Crippen molar-refractivity contribution in [2.24, 2.45) is 10.9 Å². The molecule has 1 saturated heterocycles. The smallest absolute Gasteiger partial charge is 0.190 e. The van der Waals surface area contributed by atoms with Crippen LogP contribution in [0.25, 0.3) is 0 Å². The average Bonchev–Trinajstić information content (AvgIpc) is 2.73. The number of aliphatic imine (C=N–C) groups is 1. The number of rotatable bonds is 12. The van der Waals surface area contributed by atoms with Crippen LogP contribution in [0.15, 0.2) is 35.3 Å². The van der Waals surface area contributed by atoms with Crippen molar-refractivity contribution < 1.29 is 17.9 Å². The van der Waals surface area contributed by atoms with E-state index in [0.29, 0.717) is 24.8 Å². The van der Waals surface area contributed by atoms with Crippen LogP contribution in [0.2, 0.25) is 0 Å². The minimum atomic E-state index is -3.10. The molecular weight excluding hydrogens is 390 g/mol. The molecule has 1 aromatic carbocycles. The highest BCUT2D eigenvalue weighted by Gasteiger charge is 2.13. The molecule has 0 aliphatic carbocycles. The van der Waals surface area contributed by atoms with Crippen LogP contribution < -0.4 is 10.6 Å². The number of hydrogen-bond acceptors (Lipinski definition) is 5. The topological polar surface area (TPSA) is 89.0 Å². The van der Waals surface area contributed by atoms with Gasteiger partial charge in [0, 0.05) is 46.6 Å². The summed E-state index contributed by atoms with van der Waals surface area (Å²) in [5, 5.41) is 6.40. The highest BCUT2D eigenvalue weighted by atomic mass is 32.2. The molecule has 7 nitrogen and oxygen atoms in total. The van der Waals surface area contributed by atoms with Gasteiger partial charge in [-0.2, -0.15) is 0 Å². The SMILES string of the molecule is CN=C(NCCCOCC1CCOCC1)NCCCS(=O)(=O)Cc1ccccc1. The fourth-order valence-electron chi connectivity index (χ4n) is 3.16. The van der Waals surface area contributed by atoms with E-state index in [0.717, 1.165) is 57.8 Å². The Morgan fingerprint density at radius 2 is 1.83 bits per heavy atom. The lowest BCUT2D eigenvalue weighted by Gasteiger charge is -2.21. The van der Waals surface area contributed by atoms with E-state index in [-0.39, 0.29) is 11.5 Å². The fourth-order valence-corrected chi connectivity index (χ4v) is 4.59. The Morgan fingerprint density at radius 3 is 2.52 bits per heavy atom. The number of sulfone groups is 1. The van der Waals surface area contributed by atoms with E-state index in [1.807, 2.05) is 30.3 Å². The number of nitrogens with zero attached hydrogens (tertiary/aromatic N) is 1. The Labute approximate surface area is 175 Å². The highest BCUT2D eigenvalue weighted by Crippen LogP contribution is 2.14. The number of hydrogen-bond donors (Lipinski definition) is 2. The summed E-state index contributed by atoms with van der Waals surface area (Å²) in [6, 6.07) is 9.29. The van der Waals surface area contributed by atoms with Crippen molar-refractivity contribution in [3.63, 3.8) is 0 Å². The quantitative estimate of drug-likeness (QED) is 0.302. The summed E-state index contributed by atoms with van der Waals surface area (Å²) >= 11 is 0. The minimum absolute atomic E-state index is 0.0920. The first-order chi connectivity index (χ1) is 14.1. The molecule has 1 heterocycles. The van der Waals surface area contributed by atoms with Gasteiger partial charge in [-0.15, -0.1) is 0 Å². The number of nitrogens with one attached hydrogen (secondary N) is 2. The van der Waals surface area contributed by atoms with Gasteiger partial charge in [0.25, 0.3) is 0 Å². The highest BCUT2D eigenvalue weighted by molar-refractivity contribution is 7.90. The second-order valence-electron chi connectivity index (χ2n) is 7.34. The Balaban J connectivity index is 1.51. The van der Waals surface area contributed by atoms with Crippen molar-refractivity contribution >= 4 is 15.8 Å². The molecule has 0 aromatic heterocycles. The lowest BCUT2D eigenvalue weighted by atomic mass is 10.0. The van der Waals surface area contributed by atoms with E-state index in [1.54, 1.807) is 7.05 Å². The number of guanidine groups is 1. The zero-order valence-corrected chi connectivity index (χ0v) is 18.3. The molecule has 2 rings (SSSR count). The zero-order chi connectivity index (χ0) is 20.8. The van der Waals surface area contributed by atoms with Crippen LogP contribution >= 0.6 is 0 Å². The van der Waals surface area contributed by atoms with Gasteiger partial charge < -0.3 is 20.1 Å². The van der Waals surface area contributed by atoms with Gasteiger partial charge in [0.1, 0.15) is 0 Å². The van der Waals surface area contributed by atoms with Crippen molar-refractivity contribution in [1.82, 2.24) is 10.6 Å². The summed E-state index contributed by atoms with van der Waals surface area (Å²) in [6.07, 6.45) is 3.63. The van der Waals surface area contributed by atoms with Crippen LogP contribution in [0.3, 0.4) is 0 Å². The Hall–Kier alpha value is -1.64. The molecule has 2 N–H and O–H groups in total. The van der Waals surface area contributed by atoms with Gasteiger partial charge in [0.05, 0.1) is 11.5 Å². The van der Waals surface area contributed by atoms with E-state index in [2.05, 4.69) is 15.6 Å². The molecule has 0 radical (unpaired) electrons. The second-order valence-corrected chi connectivity index (χ2v) is 9.53. The van der Waals surface area contributed by atoms with Crippen molar-refractivity contribution in [3.8, 4) is 0 Å². The maximum absolute atomic E-state index is 12.2. The van der Waals surface area contributed by atoms with Crippen LogP contribution in [0.5, 0.6) is 0 Å². The fraction of sp³-hybridized carbons (Fsp3) is 0.667. The predicted molar refractivity (Wildman–Crippen MR) is 117 cm³/mol. The predicted octanol–water partition coefficient (Wildman–Crippen LogP) is 1.99. The summed E-state index contributed by atoms with van der Waals surface area (Å²) < 4.78 is 35.5. The van der Waals surface area contributed by atoms with E-state index >= 15 is 0 Å². The van der Waals surface area contributed by atoms with Gasteiger partial charge in [-0.05, 0) is 37.2 Å². The van der Waals surface area contributed by atoms with Crippen molar-refractivity contribution in [2.75, 3.05) is 52.3 Å². The standard InChI is InChI=1S/C21H35N3O4S/c1-22-21(23-11-5-13-28-17-19-9-14-27-15-10-19)24-12-6-16-29(25,26)18-20-7-3-2-4-8-20/h2-4,7-8,19H,5-6,9-18H2,1H3,(H2,22,23,24). The summed E-state index contributed by atoms with van der Waals surface area (Å²) in [6.45, 7) is 4.57. The molecule has 1 fully saturated rings. The van der Waals surface area contributed by atoms with E-state index in [1.165, 1.54) is 0 Å². The van der Waals surface area contributed by atoms with Crippen LogP contribution in [-0.4, -0.2) is 66.7 Å². The molecule has 0 unspecified atom stereocenters. The zero-order valence-electron chi connectivity index (χ0n) is 17.4. The largest absolute Gasteiger partial charge is 0.381 e. The minimum Gasteiger partial charge on any atom is -0.381 e. The van der Waals surface area contributed by atoms with Crippen molar-refractivity contribution in [3.05, 3.63) is 35.9 Å². The summed E-state index contributed by atoms with van der Waals surface area (Å²) in [5.41, 5.74) is 0.831. The first-order valence-electron chi connectivity index (χ1n) is 10.4. The van der Waals surface area contributed by atoms with Crippen LogP contribution in [0.1, 0.15) is 31.2 Å². The molecule has 0 amide bonds. The third-order valence-electron chi connectivity index (χ3n) is 4.83. The monoisotopic (exact) mass is 425 g/mol. The van der Waals surface area contributed by atoms with Gasteiger partial charge in [-0.3, -0.25) is 4.99 Å². The third kappa shape index (κ3) is 10.6. The van der Waals surface area contributed by atoms with Gasteiger partial charge in [0.15, 0.2) is 15.8 Å². The molecule has 1 aliphatic rings. The molecule has 0 spiro atoms. The molecule has 8 heteroatoms. The molecule has 0 saturated carbocycles. The maximum Gasteiger partial charge on any atom is 0.190 e. The first kappa shape index (κ1) is 23.6. The molecule has 164 valence electrons. The first-order valence-corrected chi connectivity index (χ1v) is 12.3. The number of ether oxygens (including phenoxy) is 2. The third-order valence-corrected chi connectivity index (χ3v) is 6.51. The molecule has 29 heavy (non-hydrogen) atoms. The Bertz CT molecular complexity index is 689. The van der Waals surface area contributed by atoms with Gasteiger partial charge in [0.2, 0.25) is 0 Å². The van der Waals surface area contributed by atoms with E-state index in [4.69, 9.17) is 9.47 Å². The van der Waals surface area contributed by atoms with Gasteiger partial charge >= 0.3 is 0 Å². The normalized spacial score (nSPS) is 16.0.